The Morgan fingerprint density at radius 3 is 1.25 bits per heavy atom. The second-order valence-electron chi connectivity index (χ2n) is 6.70. The molecule has 20 heavy (non-hydrogen) atoms. The van der Waals surface area contributed by atoms with E-state index in [1.54, 1.807) is 6.92 Å². The maximum absolute atomic E-state index is 9.39. The summed E-state index contributed by atoms with van der Waals surface area (Å²) in [6.45, 7) is 3.97. The van der Waals surface area contributed by atoms with E-state index in [0.717, 1.165) is 12.8 Å². The van der Waals surface area contributed by atoms with E-state index in [1.165, 1.54) is 83.5 Å². The standard InChI is InChI=1S/C18H39NO/c1-3-4-5-6-7-8-9-10-11-12-13-14-15-16-17-18(2,19)20/h20H,3-17,19H2,1-2H3. The van der Waals surface area contributed by atoms with Crippen LogP contribution >= 0.6 is 0 Å². The molecule has 2 heteroatoms. The third-order valence-electron chi connectivity index (χ3n) is 4.04. The summed E-state index contributed by atoms with van der Waals surface area (Å²) >= 11 is 0. The van der Waals surface area contributed by atoms with Gasteiger partial charge in [0.15, 0.2) is 0 Å². The van der Waals surface area contributed by atoms with Gasteiger partial charge in [-0.1, -0.05) is 90.4 Å². The smallest absolute Gasteiger partial charge is 0.110 e. The molecule has 0 bridgehead atoms. The van der Waals surface area contributed by atoms with Crippen molar-refractivity contribution in [2.75, 3.05) is 0 Å². The minimum Gasteiger partial charge on any atom is -0.376 e. The molecule has 0 amide bonds. The van der Waals surface area contributed by atoms with E-state index in [-0.39, 0.29) is 0 Å². The van der Waals surface area contributed by atoms with Crippen LogP contribution in [0.3, 0.4) is 0 Å². The first-order valence-corrected chi connectivity index (χ1v) is 9.07. The lowest BCUT2D eigenvalue weighted by Gasteiger charge is -2.16. The summed E-state index contributed by atoms with van der Waals surface area (Å²) in [6, 6.07) is 0. The fourth-order valence-corrected chi connectivity index (χ4v) is 2.68. The average Bonchev–Trinajstić information content (AvgIpc) is 2.38. The van der Waals surface area contributed by atoms with Gasteiger partial charge in [0.1, 0.15) is 5.72 Å². The average molecular weight is 286 g/mol. The predicted molar refractivity (Wildman–Crippen MR) is 89.7 cm³/mol. The highest BCUT2D eigenvalue weighted by Gasteiger charge is 2.11. The molecule has 0 heterocycles. The lowest BCUT2D eigenvalue weighted by Crippen LogP contribution is -2.35. The zero-order chi connectivity index (χ0) is 15.1. The molecule has 0 saturated heterocycles. The highest BCUT2D eigenvalue weighted by molar-refractivity contribution is 4.62. The van der Waals surface area contributed by atoms with Crippen molar-refractivity contribution in [1.29, 1.82) is 0 Å². The zero-order valence-corrected chi connectivity index (χ0v) is 14.1. The van der Waals surface area contributed by atoms with Crippen LogP contribution in [0.2, 0.25) is 0 Å². The highest BCUT2D eigenvalue weighted by Crippen LogP contribution is 2.14. The van der Waals surface area contributed by atoms with Gasteiger partial charge in [0, 0.05) is 0 Å². The Kier molecular flexibility index (Phi) is 13.8. The topological polar surface area (TPSA) is 46.2 Å². The number of rotatable bonds is 15. The molecule has 0 rings (SSSR count). The maximum atomic E-state index is 9.39. The van der Waals surface area contributed by atoms with Crippen LogP contribution in [0.15, 0.2) is 0 Å². The third-order valence-corrected chi connectivity index (χ3v) is 4.04. The Morgan fingerprint density at radius 1 is 0.650 bits per heavy atom. The number of unbranched alkanes of at least 4 members (excludes halogenated alkanes) is 13. The molecule has 0 aromatic heterocycles. The third kappa shape index (κ3) is 17.9. The van der Waals surface area contributed by atoms with E-state index in [1.807, 2.05) is 0 Å². The molecule has 3 N–H and O–H groups in total. The molecule has 0 radical (unpaired) electrons. The van der Waals surface area contributed by atoms with Crippen LogP contribution in [0.1, 0.15) is 110 Å². The van der Waals surface area contributed by atoms with Crippen LogP contribution < -0.4 is 5.73 Å². The summed E-state index contributed by atoms with van der Waals surface area (Å²) < 4.78 is 0. The van der Waals surface area contributed by atoms with E-state index in [0.29, 0.717) is 0 Å². The van der Waals surface area contributed by atoms with Gasteiger partial charge in [0.2, 0.25) is 0 Å². The normalized spacial score (nSPS) is 14.4. The molecule has 0 saturated carbocycles. The van der Waals surface area contributed by atoms with Gasteiger partial charge in [-0.25, -0.2) is 0 Å². The zero-order valence-electron chi connectivity index (χ0n) is 14.1. The first kappa shape index (κ1) is 19.9. The minimum atomic E-state index is -0.961. The van der Waals surface area contributed by atoms with Crippen molar-refractivity contribution in [3.8, 4) is 0 Å². The van der Waals surface area contributed by atoms with E-state index >= 15 is 0 Å². The van der Waals surface area contributed by atoms with Crippen molar-refractivity contribution >= 4 is 0 Å². The van der Waals surface area contributed by atoms with Crippen molar-refractivity contribution in [2.45, 2.75) is 116 Å². The minimum absolute atomic E-state index is 0.727. The molecule has 0 aliphatic carbocycles. The highest BCUT2D eigenvalue weighted by atomic mass is 16.3. The van der Waals surface area contributed by atoms with Crippen molar-refractivity contribution in [3.05, 3.63) is 0 Å². The van der Waals surface area contributed by atoms with Crippen LogP contribution in [0, 0.1) is 0 Å². The molecule has 122 valence electrons. The monoisotopic (exact) mass is 285 g/mol. The van der Waals surface area contributed by atoms with Crippen LogP contribution in [0.25, 0.3) is 0 Å². The first-order valence-electron chi connectivity index (χ1n) is 9.07. The van der Waals surface area contributed by atoms with Crippen molar-refractivity contribution < 1.29 is 5.11 Å². The van der Waals surface area contributed by atoms with Crippen molar-refractivity contribution in [2.24, 2.45) is 5.73 Å². The van der Waals surface area contributed by atoms with E-state index in [9.17, 15) is 5.11 Å². The van der Waals surface area contributed by atoms with Crippen molar-refractivity contribution in [1.82, 2.24) is 0 Å². The lowest BCUT2D eigenvalue weighted by atomic mass is 10.0. The van der Waals surface area contributed by atoms with Gasteiger partial charge in [-0.15, -0.1) is 0 Å². The Hall–Kier alpha value is -0.0800. The van der Waals surface area contributed by atoms with Crippen LogP contribution in [-0.4, -0.2) is 10.8 Å². The van der Waals surface area contributed by atoms with E-state index in [4.69, 9.17) is 5.73 Å². The van der Waals surface area contributed by atoms with Crippen LogP contribution in [-0.2, 0) is 0 Å². The summed E-state index contributed by atoms with van der Waals surface area (Å²) in [4.78, 5) is 0. The number of aliphatic hydroxyl groups is 1. The summed E-state index contributed by atoms with van der Waals surface area (Å²) in [6.07, 6.45) is 19.8. The van der Waals surface area contributed by atoms with Gasteiger partial charge in [0.25, 0.3) is 0 Å². The molecule has 0 fully saturated rings. The molecule has 0 aliphatic heterocycles. The second kappa shape index (κ2) is 13.9. The quantitative estimate of drug-likeness (QED) is 0.307. The Labute approximate surface area is 127 Å². The Bertz CT molecular complexity index is 186. The summed E-state index contributed by atoms with van der Waals surface area (Å²) in [5.74, 6) is 0. The first-order chi connectivity index (χ1) is 9.56. The Balaban J connectivity index is 2.99. The fraction of sp³-hybridized carbons (Fsp3) is 1.00. The van der Waals surface area contributed by atoms with Gasteiger partial charge >= 0.3 is 0 Å². The Morgan fingerprint density at radius 2 is 0.950 bits per heavy atom. The van der Waals surface area contributed by atoms with Crippen LogP contribution in [0.4, 0.5) is 0 Å². The van der Waals surface area contributed by atoms with E-state index in [2.05, 4.69) is 6.92 Å². The molecule has 0 aromatic rings. The fourth-order valence-electron chi connectivity index (χ4n) is 2.68. The predicted octanol–water partition coefficient (Wildman–Crippen LogP) is 5.53. The van der Waals surface area contributed by atoms with Gasteiger partial charge in [0.05, 0.1) is 0 Å². The van der Waals surface area contributed by atoms with Gasteiger partial charge in [-0.05, 0) is 19.8 Å². The molecule has 0 spiro atoms. The molecule has 0 aromatic carbocycles. The van der Waals surface area contributed by atoms with Crippen molar-refractivity contribution in [3.63, 3.8) is 0 Å². The largest absolute Gasteiger partial charge is 0.376 e. The molecule has 0 aliphatic rings. The number of nitrogens with two attached hydrogens (primary N) is 1. The van der Waals surface area contributed by atoms with Gasteiger partial charge in [-0.2, -0.15) is 0 Å². The number of hydrogen-bond donors (Lipinski definition) is 2. The molecule has 2 nitrogen and oxygen atoms in total. The summed E-state index contributed by atoms with van der Waals surface area (Å²) in [5, 5.41) is 9.39. The summed E-state index contributed by atoms with van der Waals surface area (Å²) in [5.41, 5.74) is 4.58. The van der Waals surface area contributed by atoms with Gasteiger partial charge in [-0.3, -0.25) is 0 Å². The number of hydrogen-bond acceptors (Lipinski definition) is 2. The lowest BCUT2D eigenvalue weighted by molar-refractivity contribution is 0.0550. The van der Waals surface area contributed by atoms with Gasteiger partial charge < -0.3 is 10.8 Å². The molecule has 1 unspecified atom stereocenters. The molecular formula is C18H39NO. The summed E-state index contributed by atoms with van der Waals surface area (Å²) in [7, 11) is 0. The molecule has 1 atom stereocenters. The van der Waals surface area contributed by atoms with E-state index < -0.39 is 5.72 Å². The maximum Gasteiger partial charge on any atom is 0.110 e. The van der Waals surface area contributed by atoms with Crippen LogP contribution in [0.5, 0.6) is 0 Å². The second-order valence-corrected chi connectivity index (χ2v) is 6.70. The SMILES string of the molecule is CCCCCCCCCCCCCCCCC(C)(N)O. The molecular weight excluding hydrogens is 246 g/mol.